The van der Waals surface area contributed by atoms with Crippen molar-refractivity contribution in [3.8, 4) is 5.75 Å². The molecule has 0 atom stereocenters. The van der Waals surface area contributed by atoms with Gasteiger partial charge in [-0.2, -0.15) is 0 Å². The Morgan fingerprint density at radius 3 is 1.80 bits per heavy atom. The number of amides is 5. The van der Waals surface area contributed by atoms with E-state index in [1.54, 1.807) is 62.6 Å². The van der Waals surface area contributed by atoms with Crippen molar-refractivity contribution < 1.29 is 23.9 Å². The Bertz CT molecular complexity index is 1650. The number of carbonyl (C=O) groups excluding carboxylic acids is 4. The molecule has 238 valence electrons. The molecule has 0 unspecified atom stereocenters. The van der Waals surface area contributed by atoms with Crippen molar-refractivity contribution in [2.75, 3.05) is 72.8 Å². The topological polar surface area (TPSA) is 115 Å². The van der Waals surface area contributed by atoms with Gasteiger partial charge in [0.1, 0.15) is 12.3 Å². The molecule has 0 radical (unpaired) electrons. The van der Waals surface area contributed by atoms with Gasteiger partial charge in [0.05, 0.1) is 6.54 Å². The second-order valence-corrected chi connectivity index (χ2v) is 10.6. The van der Waals surface area contributed by atoms with Gasteiger partial charge in [-0.25, -0.2) is 4.79 Å². The largest absolute Gasteiger partial charge is 0.484 e. The molecule has 2 N–H and O–H groups in total. The molecule has 0 fully saturated rings. The summed E-state index contributed by atoms with van der Waals surface area (Å²) < 4.78 is 5.79. The Hall–Kier alpha value is -5.84. The SMILES string of the molecule is CN(C)c1cccc(NC(=O)NCC(=O)N(CC(=O)N(C)c2ccccc2)c2cccc(OCC(=O)N(C)c3ccccc3)c2)c1. The number of likely N-dealkylation sites (N-methyl/N-ethyl adjacent to an activating group) is 2. The Labute approximate surface area is 269 Å². The fraction of sp³-hybridized carbons (Fsp3) is 0.200. The zero-order valence-corrected chi connectivity index (χ0v) is 26.3. The van der Waals surface area contributed by atoms with Crippen LogP contribution in [0.3, 0.4) is 0 Å². The van der Waals surface area contributed by atoms with Crippen LogP contribution in [-0.2, 0) is 14.4 Å². The summed E-state index contributed by atoms with van der Waals surface area (Å²) in [6.45, 7) is -0.931. The van der Waals surface area contributed by atoms with Gasteiger partial charge in [-0.05, 0) is 54.6 Å². The van der Waals surface area contributed by atoms with E-state index >= 15 is 0 Å². The second-order valence-electron chi connectivity index (χ2n) is 10.6. The number of nitrogens with one attached hydrogen (secondary N) is 2. The number of anilines is 5. The minimum atomic E-state index is -0.574. The molecule has 11 nitrogen and oxygen atoms in total. The number of hydrogen-bond donors (Lipinski definition) is 2. The molecule has 4 aromatic carbocycles. The van der Waals surface area contributed by atoms with E-state index in [2.05, 4.69) is 10.6 Å². The summed E-state index contributed by atoms with van der Waals surface area (Å²) in [5, 5.41) is 5.32. The summed E-state index contributed by atoms with van der Waals surface area (Å²) in [5.41, 5.74) is 3.21. The van der Waals surface area contributed by atoms with Crippen LogP contribution < -0.4 is 35.0 Å². The normalized spacial score (nSPS) is 10.3. The molecular weight excluding hydrogens is 584 g/mol. The van der Waals surface area contributed by atoms with Crippen molar-refractivity contribution in [1.82, 2.24) is 5.32 Å². The van der Waals surface area contributed by atoms with Crippen LogP contribution >= 0.6 is 0 Å². The van der Waals surface area contributed by atoms with Crippen LogP contribution in [0.5, 0.6) is 5.75 Å². The first kappa shape index (κ1) is 33.1. The molecule has 0 heterocycles. The van der Waals surface area contributed by atoms with Crippen molar-refractivity contribution in [3.63, 3.8) is 0 Å². The molecule has 0 bridgehead atoms. The number of hydrogen-bond acceptors (Lipinski definition) is 6. The predicted octanol–water partition coefficient (Wildman–Crippen LogP) is 4.61. The zero-order chi connectivity index (χ0) is 33.1. The average molecular weight is 623 g/mol. The Kier molecular flexibility index (Phi) is 11.3. The zero-order valence-electron chi connectivity index (χ0n) is 26.3. The summed E-state index contributed by atoms with van der Waals surface area (Å²) >= 11 is 0. The van der Waals surface area contributed by atoms with Gasteiger partial charge in [-0.3, -0.25) is 14.4 Å². The molecule has 0 aliphatic heterocycles. The monoisotopic (exact) mass is 622 g/mol. The molecule has 0 saturated carbocycles. The summed E-state index contributed by atoms with van der Waals surface area (Å²) in [6, 6.07) is 31.5. The molecule has 0 spiro atoms. The minimum absolute atomic E-state index is 0.241. The van der Waals surface area contributed by atoms with Gasteiger partial charge in [-0.1, -0.05) is 48.5 Å². The number of benzene rings is 4. The van der Waals surface area contributed by atoms with Crippen LogP contribution in [-0.4, -0.2) is 71.6 Å². The molecule has 4 rings (SSSR count). The molecular formula is C35H38N6O5. The van der Waals surface area contributed by atoms with E-state index in [4.69, 9.17) is 4.74 Å². The molecule has 0 aliphatic rings. The van der Waals surface area contributed by atoms with Crippen LogP contribution in [0.25, 0.3) is 0 Å². The Balaban J connectivity index is 1.47. The number of nitrogens with zero attached hydrogens (tertiary/aromatic N) is 4. The van der Waals surface area contributed by atoms with Crippen molar-refractivity contribution in [1.29, 1.82) is 0 Å². The van der Waals surface area contributed by atoms with E-state index in [-0.39, 0.29) is 31.5 Å². The highest BCUT2D eigenvalue weighted by Crippen LogP contribution is 2.23. The second kappa shape index (κ2) is 15.8. The summed E-state index contributed by atoms with van der Waals surface area (Å²) in [5.74, 6) is -0.810. The van der Waals surface area contributed by atoms with Gasteiger partial charge < -0.3 is 35.0 Å². The number of urea groups is 1. The van der Waals surface area contributed by atoms with Gasteiger partial charge in [0.15, 0.2) is 6.61 Å². The first-order chi connectivity index (χ1) is 22.1. The number of para-hydroxylation sites is 2. The standard InChI is InChI=1S/C35H38N6O5/c1-38(2)29-18-11-13-26(21-29)37-35(45)36-23-32(42)41(24-33(43)39(3)27-14-7-5-8-15-27)30-19-12-20-31(22-30)46-25-34(44)40(4)28-16-9-6-10-17-28/h5-22H,23-25H2,1-4H3,(H2,36,37,45). The maximum Gasteiger partial charge on any atom is 0.319 e. The van der Waals surface area contributed by atoms with Gasteiger partial charge in [0, 0.05) is 62.7 Å². The maximum atomic E-state index is 13.6. The van der Waals surface area contributed by atoms with Crippen molar-refractivity contribution in [2.24, 2.45) is 0 Å². The minimum Gasteiger partial charge on any atom is -0.484 e. The highest BCUT2D eigenvalue weighted by Gasteiger charge is 2.23. The quantitative estimate of drug-likeness (QED) is 0.239. The molecule has 0 aromatic heterocycles. The Morgan fingerprint density at radius 1 is 0.609 bits per heavy atom. The first-order valence-electron chi connectivity index (χ1n) is 14.6. The van der Waals surface area contributed by atoms with Crippen molar-refractivity contribution >= 4 is 52.2 Å². The summed E-state index contributed by atoms with van der Waals surface area (Å²) in [4.78, 5) is 58.5. The number of carbonyl (C=O) groups is 4. The lowest BCUT2D eigenvalue weighted by atomic mass is 10.2. The molecule has 46 heavy (non-hydrogen) atoms. The fourth-order valence-corrected chi connectivity index (χ4v) is 4.43. The van der Waals surface area contributed by atoms with Crippen LogP contribution in [0.15, 0.2) is 109 Å². The smallest absolute Gasteiger partial charge is 0.319 e. The number of ether oxygens (including phenoxy) is 1. The third-order valence-corrected chi connectivity index (χ3v) is 7.14. The van der Waals surface area contributed by atoms with E-state index in [9.17, 15) is 19.2 Å². The molecule has 11 heteroatoms. The molecule has 4 aromatic rings. The maximum absolute atomic E-state index is 13.6. The van der Waals surface area contributed by atoms with E-state index < -0.39 is 11.9 Å². The summed E-state index contributed by atoms with van der Waals surface area (Å²) in [7, 11) is 7.07. The van der Waals surface area contributed by atoms with Crippen LogP contribution in [0.1, 0.15) is 0 Å². The third kappa shape index (κ3) is 9.08. The molecule has 0 saturated heterocycles. The highest BCUT2D eigenvalue weighted by atomic mass is 16.5. The van der Waals surface area contributed by atoms with Gasteiger partial charge in [-0.15, -0.1) is 0 Å². The van der Waals surface area contributed by atoms with Crippen LogP contribution in [0, 0.1) is 0 Å². The van der Waals surface area contributed by atoms with E-state index in [1.165, 1.54) is 14.7 Å². The van der Waals surface area contributed by atoms with Gasteiger partial charge in [0.25, 0.3) is 5.91 Å². The van der Waals surface area contributed by atoms with Gasteiger partial charge >= 0.3 is 6.03 Å². The first-order valence-corrected chi connectivity index (χ1v) is 14.6. The van der Waals surface area contributed by atoms with Gasteiger partial charge in [0.2, 0.25) is 11.8 Å². The Morgan fingerprint density at radius 2 is 1.17 bits per heavy atom. The molecule has 5 amide bonds. The fourth-order valence-electron chi connectivity index (χ4n) is 4.43. The lowest BCUT2D eigenvalue weighted by Gasteiger charge is -2.26. The number of rotatable bonds is 12. The van der Waals surface area contributed by atoms with E-state index in [1.807, 2.05) is 79.7 Å². The highest BCUT2D eigenvalue weighted by molar-refractivity contribution is 6.05. The van der Waals surface area contributed by atoms with Crippen molar-refractivity contribution in [3.05, 3.63) is 109 Å². The average Bonchev–Trinajstić information content (AvgIpc) is 3.08. The summed E-state index contributed by atoms with van der Waals surface area (Å²) in [6.07, 6.45) is 0. The lowest BCUT2D eigenvalue weighted by Crippen LogP contribution is -2.46. The lowest BCUT2D eigenvalue weighted by molar-refractivity contribution is -0.121. The predicted molar refractivity (Wildman–Crippen MR) is 182 cm³/mol. The van der Waals surface area contributed by atoms with E-state index in [0.29, 0.717) is 22.8 Å². The van der Waals surface area contributed by atoms with Crippen LogP contribution in [0.2, 0.25) is 0 Å². The van der Waals surface area contributed by atoms with Crippen molar-refractivity contribution in [2.45, 2.75) is 0 Å². The van der Waals surface area contributed by atoms with E-state index in [0.717, 1.165) is 11.4 Å². The molecule has 0 aliphatic carbocycles. The third-order valence-electron chi connectivity index (χ3n) is 7.14. The van der Waals surface area contributed by atoms with Crippen LogP contribution in [0.4, 0.5) is 33.2 Å².